The maximum Gasteiger partial charge on any atom is 0.246 e. The molecule has 0 bridgehead atoms. The first kappa shape index (κ1) is 12.3. The molecule has 0 aliphatic heterocycles. The van der Waals surface area contributed by atoms with Crippen LogP contribution in [0.4, 0.5) is 8.78 Å². The van der Waals surface area contributed by atoms with Crippen LogP contribution >= 0.6 is 0 Å². The van der Waals surface area contributed by atoms with E-state index >= 15 is 0 Å². The first-order chi connectivity index (χ1) is 5.81. The molecule has 0 N–H and O–H groups in total. The molecule has 0 aliphatic rings. The highest BCUT2D eigenvalue weighted by Gasteiger charge is 2.33. The standard InChI is InChI=1S/C8H15F2NO2/c1-8(2,7(9)10)5-6(12)11(3)13-4/h7H,5H2,1-4H3. The summed E-state index contributed by atoms with van der Waals surface area (Å²) in [5.74, 6) is -0.451. The van der Waals surface area contributed by atoms with Gasteiger partial charge < -0.3 is 0 Å². The third-order valence-corrected chi connectivity index (χ3v) is 1.82. The molecule has 3 nitrogen and oxygen atoms in total. The fourth-order valence-electron chi connectivity index (χ4n) is 0.680. The minimum absolute atomic E-state index is 0.227. The molecule has 1 amide bonds. The maximum absolute atomic E-state index is 12.3. The van der Waals surface area contributed by atoms with Crippen molar-refractivity contribution in [2.24, 2.45) is 5.41 Å². The second-order valence-electron chi connectivity index (χ2n) is 3.54. The topological polar surface area (TPSA) is 29.5 Å². The van der Waals surface area contributed by atoms with Crippen LogP contribution in [-0.2, 0) is 9.63 Å². The summed E-state index contributed by atoms with van der Waals surface area (Å²) in [6.45, 7) is 2.69. The number of amides is 1. The average Bonchev–Trinajstić information content (AvgIpc) is 2.01. The predicted molar refractivity (Wildman–Crippen MR) is 44.2 cm³/mol. The van der Waals surface area contributed by atoms with Gasteiger partial charge >= 0.3 is 0 Å². The Morgan fingerprint density at radius 2 is 2.00 bits per heavy atom. The molecule has 0 heterocycles. The molecule has 0 unspecified atom stereocenters. The third kappa shape index (κ3) is 3.67. The van der Waals surface area contributed by atoms with Crippen LogP contribution in [0.25, 0.3) is 0 Å². The van der Waals surface area contributed by atoms with Crippen LogP contribution < -0.4 is 0 Å². The molecule has 0 radical (unpaired) electrons. The second kappa shape index (κ2) is 4.50. The zero-order chi connectivity index (χ0) is 10.6. The fraction of sp³-hybridized carbons (Fsp3) is 0.875. The van der Waals surface area contributed by atoms with Gasteiger partial charge in [0.05, 0.1) is 7.11 Å². The molecule has 0 spiro atoms. The van der Waals surface area contributed by atoms with E-state index in [0.717, 1.165) is 5.06 Å². The lowest BCUT2D eigenvalue weighted by atomic mass is 9.89. The molecule has 0 fully saturated rings. The van der Waals surface area contributed by atoms with Crippen LogP contribution in [0.1, 0.15) is 20.3 Å². The fourth-order valence-corrected chi connectivity index (χ4v) is 0.680. The highest BCUT2D eigenvalue weighted by molar-refractivity contribution is 5.75. The van der Waals surface area contributed by atoms with Crippen molar-refractivity contribution < 1.29 is 18.4 Å². The van der Waals surface area contributed by atoms with E-state index in [-0.39, 0.29) is 6.42 Å². The zero-order valence-corrected chi connectivity index (χ0v) is 8.30. The van der Waals surface area contributed by atoms with Crippen LogP contribution in [0, 0.1) is 5.41 Å². The first-order valence-corrected chi connectivity index (χ1v) is 3.90. The number of rotatable bonds is 4. The van der Waals surface area contributed by atoms with Gasteiger partial charge in [-0.05, 0) is 0 Å². The predicted octanol–water partition coefficient (Wildman–Crippen LogP) is 1.69. The van der Waals surface area contributed by atoms with E-state index < -0.39 is 17.7 Å². The summed E-state index contributed by atoms with van der Waals surface area (Å²) in [5.41, 5.74) is -1.30. The highest BCUT2D eigenvalue weighted by atomic mass is 19.3. The molecule has 13 heavy (non-hydrogen) atoms. The lowest BCUT2D eigenvalue weighted by Gasteiger charge is -2.24. The maximum atomic E-state index is 12.3. The van der Waals surface area contributed by atoms with Crippen molar-refractivity contribution >= 4 is 5.91 Å². The van der Waals surface area contributed by atoms with Gasteiger partial charge in [0.15, 0.2) is 0 Å². The summed E-state index contributed by atoms with van der Waals surface area (Å²) in [7, 11) is 2.71. The number of carbonyl (C=O) groups is 1. The summed E-state index contributed by atoms with van der Waals surface area (Å²) in [6, 6.07) is 0. The van der Waals surface area contributed by atoms with Crippen LogP contribution in [0.2, 0.25) is 0 Å². The summed E-state index contributed by atoms with van der Waals surface area (Å²) in [5, 5.41) is 0.949. The number of nitrogens with zero attached hydrogens (tertiary/aromatic N) is 1. The molecule has 5 heteroatoms. The van der Waals surface area contributed by atoms with E-state index in [2.05, 4.69) is 4.84 Å². The Hall–Kier alpha value is -0.710. The Morgan fingerprint density at radius 3 is 2.31 bits per heavy atom. The molecule has 0 atom stereocenters. The lowest BCUT2D eigenvalue weighted by molar-refractivity contribution is -0.173. The van der Waals surface area contributed by atoms with E-state index in [4.69, 9.17) is 0 Å². The van der Waals surface area contributed by atoms with Crippen LogP contribution in [0.5, 0.6) is 0 Å². The molecule has 0 saturated carbocycles. The lowest BCUT2D eigenvalue weighted by Crippen LogP contribution is -2.33. The van der Waals surface area contributed by atoms with E-state index in [1.54, 1.807) is 0 Å². The first-order valence-electron chi connectivity index (χ1n) is 3.90. The number of alkyl halides is 2. The third-order valence-electron chi connectivity index (χ3n) is 1.82. The molecule has 0 aromatic rings. The van der Waals surface area contributed by atoms with Crippen molar-refractivity contribution in [2.75, 3.05) is 14.2 Å². The van der Waals surface area contributed by atoms with Gasteiger partial charge in [0, 0.05) is 18.9 Å². The summed E-state index contributed by atoms with van der Waals surface area (Å²) in [6.07, 6.45) is -2.74. The minimum Gasteiger partial charge on any atom is -0.275 e. The number of hydrogen-bond donors (Lipinski definition) is 0. The quantitative estimate of drug-likeness (QED) is 0.639. The zero-order valence-electron chi connectivity index (χ0n) is 8.30. The Kier molecular flexibility index (Phi) is 4.26. The summed E-state index contributed by atoms with van der Waals surface area (Å²) < 4.78 is 24.7. The number of hydrogen-bond acceptors (Lipinski definition) is 2. The van der Waals surface area contributed by atoms with Crippen molar-refractivity contribution in [3.63, 3.8) is 0 Å². The van der Waals surface area contributed by atoms with Gasteiger partial charge in [0.25, 0.3) is 0 Å². The molecule has 0 aromatic carbocycles. The Bertz CT molecular complexity index is 183. The SMILES string of the molecule is CON(C)C(=O)CC(C)(C)C(F)F. The molecule has 0 saturated heterocycles. The molecule has 78 valence electrons. The van der Waals surface area contributed by atoms with Crippen molar-refractivity contribution in [1.82, 2.24) is 5.06 Å². The summed E-state index contributed by atoms with van der Waals surface area (Å²) in [4.78, 5) is 15.7. The average molecular weight is 195 g/mol. The van der Waals surface area contributed by atoms with Crippen molar-refractivity contribution in [2.45, 2.75) is 26.7 Å². The van der Waals surface area contributed by atoms with E-state index in [9.17, 15) is 13.6 Å². The van der Waals surface area contributed by atoms with Crippen LogP contribution in [0.3, 0.4) is 0 Å². The van der Waals surface area contributed by atoms with E-state index in [1.165, 1.54) is 28.0 Å². The van der Waals surface area contributed by atoms with Gasteiger partial charge in [-0.1, -0.05) is 13.8 Å². The minimum atomic E-state index is -2.51. The monoisotopic (exact) mass is 195 g/mol. The Morgan fingerprint density at radius 1 is 1.54 bits per heavy atom. The van der Waals surface area contributed by atoms with Gasteiger partial charge in [-0.25, -0.2) is 13.8 Å². The number of halogens is 2. The van der Waals surface area contributed by atoms with Gasteiger partial charge in [-0.3, -0.25) is 9.63 Å². The molecular formula is C8H15F2NO2. The number of carbonyl (C=O) groups excluding carboxylic acids is 1. The van der Waals surface area contributed by atoms with E-state index in [1.807, 2.05) is 0 Å². The van der Waals surface area contributed by atoms with Gasteiger partial charge in [0.2, 0.25) is 12.3 Å². The van der Waals surface area contributed by atoms with Gasteiger partial charge in [0.1, 0.15) is 0 Å². The van der Waals surface area contributed by atoms with Crippen molar-refractivity contribution in [3.8, 4) is 0 Å². The molecule has 0 aliphatic carbocycles. The smallest absolute Gasteiger partial charge is 0.246 e. The van der Waals surface area contributed by atoms with Crippen LogP contribution in [-0.4, -0.2) is 31.6 Å². The summed E-state index contributed by atoms with van der Waals surface area (Å²) >= 11 is 0. The largest absolute Gasteiger partial charge is 0.275 e. The highest BCUT2D eigenvalue weighted by Crippen LogP contribution is 2.29. The van der Waals surface area contributed by atoms with Crippen molar-refractivity contribution in [1.29, 1.82) is 0 Å². The molecule has 0 rings (SSSR count). The van der Waals surface area contributed by atoms with Crippen LogP contribution in [0.15, 0.2) is 0 Å². The molecule has 0 aromatic heterocycles. The van der Waals surface area contributed by atoms with Crippen molar-refractivity contribution in [3.05, 3.63) is 0 Å². The Labute approximate surface area is 76.6 Å². The molecular weight excluding hydrogens is 180 g/mol. The Balaban J connectivity index is 4.19. The second-order valence-corrected chi connectivity index (χ2v) is 3.54. The normalized spacial score (nSPS) is 11.9. The van der Waals surface area contributed by atoms with Gasteiger partial charge in [-0.2, -0.15) is 0 Å². The van der Waals surface area contributed by atoms with Gasteiger partial charge in [-0.15, -0.1) is 0 Å². The van der Waals surface area contributed by atoms with E-state index in [0.29, 0.717) is 0 Å². The number of hydroxylamine groups is 2.